The van der Waals surface area contributed by atoms with Gasteiger partial charge in [-0.3, -0.25) is 4.68 Å². The molecule has 0 aliphatic carbocycles. The van der Waals surface area contributed by atoms with Crippen molar-refractivity contribution in [1.29, 1.82) is 0 Å². The highest BCUT2D eigenvalue weighted by Gasteiger charge is 2.14. The first-order chi connectivity index (χ1) is 9.54. The Morgan fingerprint density at radius 3 is 2.65 bits per heavy atom. The van der Waals surface area contributed by atoms with Gasteiger partial charge in [-0.15, -0.1) is 0 Å². The van der Waals surface area contributed by atoms with E-state index in [2.05, 4.69) is 76.1 Å². The van der Waals surface area contributed by atoms with Gasteiger partial charge in [0.15, 0.2) is 0 Å². The Labute approximate surface area is 129 Å². The highest BCUT2D eigenvalue weighted by molar-refractivity contribution is 9.10. The van der Waals surface area contributed by atoms with Gasteiger partial charge in [-0.2, -0.15) is 5.10 Å². The van der Waals surface area contributed by atoms with Crippen molar-refractivity contribution in [1.82, 2.24) is 15.1 Å². The molecule has 1 N–H and O–H groups in total. The summed E-state index contributed by atoms with van der Waals surface area (Å²) in [6, 6.07) is 8.84. The molecule has 0 aliphatic rings. The van der Waals surface area contributed by atoms with Crippen LogP contribution in [0.25, 0.3) is 0 Å². The molecular formula is C16H22BrN3. The number of aryl methyl sites for hydroxylation is 3. The summed E-state index contributed by atoms with van der Waals surface area (Å²) in [6.45, 7) is 10.2. The van der Waals surface area contributed by atoms with E-state index in [1.807, 2.05) is 6.92 Å². The summed E-state index contributed by atoms with van der Waals surface area (Å²) in [7, 11) is 0. The van der Waals surface area contributed by atoms with Gasteiger partial charge in [-0.05, 0) is 54.8 Å². The Hall–Kier alpha value is -1.13. The van der Waals surface area contributed by atoms with Crippen molar-refractivity contribution in [2.24, 2.45) is 0 Å². The van der Waals surface area contributed by atoms with E-state index >= 15 is 0 Å². The minimum Gasteiger partial charge on any atom is -0.305 e. The van der Waals surface area contributed by atoms with Crippen molar-refractivity contribution in [3.8, 4) is 0 Å². The predicted molar refractivity (Wildman–Crippen MR) is 86.8 cm³/mol. The van der Waals surface area contributed by atoms with Crippen molar-refractivity contribution in [3.63, 3.8) is 0 Å². The van der Waals surface area contributed by atoms with Crippen molar-refractivity contribution in [3.05, 3.63) is 51.3 Å². The number of benzene rings is 1. The Balaban J connectivity index is 2.11. The van der Waals surface area contributed by atoms with Crippen LogP contribution < -0.4 is 5.32 Å². The number of halogens is 1. The molecule has 0 fully saturated rings. The van der Waals surface area contributed by atoms with Gasteiger partial charge >= 0.3 is 0 Å². The molecule has 1 heterocycles. The van der Waals surface area contributed by atoms with E-state index in [1.54, 1.807) is 0 Å². The second-order valence-corrected chi connectivity index (χ2v) is 5.91. The minimum atomic E-state index is 0.323. The average molecular weight is 336 g/mol. The van der Waals surface area contributed by atoms with Crippen LogP contribution in [0.5, 0.6) is 0 Å². The first-order valence-corrected chi connectivity index (χ1v) is 7.84. The van der Waals surface area contributed by atoms with Gasteiger partial charge in [-0.25, -0.2) is 0 Å². The number of rotatable bonds is 5. The highest BCUT2D eigenvalue weighted by Crippen LogP contribution is 2.22. The molecule has 0 spiro atoms. The van der Waals surface area contributed by atoms with Gasteiger partial charge in [0, 0.05) is 19.1 Å². The monoisotopic (exact) mass is 335 g/mol. The van der Waals surface area contributed by atoms with E-state index < -0.39 is 0 Å². The Bertz CT molecular complexity index is 589. The molecule has 0 saturated heterocycles. The average Bonchev–Trinajstić information content (AvgIpc) is 2.72. The maximum atomic E-state index is 4.53. The van der Waals surface area contributed by atoms with Crippen LogP contribution in [0.2, 0.25) is 0 Å². The van der Waals surface area contributed by atoms with E-state index in [0.29, 0.717) is 6.04 Å². The molecule has 1 atom stereocenters. The minimum absolute atomic E-state index is 0.323. The summed E-state index contributed by atoms with van der Waals surface area (Å²) >= 11 is 3.64. The summed E-state index contributed by atoms with van der Waals surface area (Å²) in [6.07, 6.45) is 0. The van der Waals surface area contributed by atoms with Gasteiger partial charge in [0.1, 0.15) is 0 Å². The zero-order valence-electron chi connectivity index (χ0n) is 12.6. The molecule has 1 aromatic carbocycles. The summed E-state index contributed by atoms with van der Waals surface area (Å²) in [5, 5.41) is 8.12. The van der Waals surface area contributed by atoms with E-state index in [9.17, 15) is 0 Å². The molecule has 0 bridgehead atoms. The van der Waals surface area contributed by atoms with Crippen molar-refractivity contribution in [2.45, 2.75) is 46.8 Å². The molecule has 20 heavy (non-hydrogen) atoms. The van der Waals surface area contributed by atoms with Gasteiger partial charge in [0.25, 0.3) is 0 Å². The highest BCUT2D eigenvalue weighted by atomic mass is 79.9. The van der Waals surface area contributed by atoms with E-state index in [1.165, 1.54) is 16.8 Å². The largest absolute Gasteiger partial charge is 0.305 e. The number of aromatic nitrogens is 2. The van der Waals surface area contributed by atoms with E-state index in [4.69, 9.17) is 0 Å². The van der Waals surface area contributed by atoms with Crippen molar-refractivity contribution in [2.75, 3.05) is 0 Å². The first kappa shape index (κ1) is 15.3. The Morgan fingerprint density at radius 2 is 2.00 bits per heavy atom. The maximum absolute atomic E-state index is 4.53. The zero-order valence-corrected chi connectivity index (χ0v) is 14.2. The van der Waals surface area contributed by atoms with Crippen LogP contribution in [0.4, 0.5) is 0 Å². The Kier molecular flexibility index (Phi) is 5.00. The third-order valence-corrected chi connectivity index (χ3v) is 4.71. The molecule has 3 nitrogen and oxygen atoms in total. The molecule has 0 unspecified atom stereocenters. The molecule has 2 rings (SSSR count). The number of hydrogen-bond acceptors (Lipinski definition) is 2. The fourth-order valence-corrected chi connectivity index (χ4v) is 2.89. The number of nitrogens with zero attached hydrogens (tertiary/aromatic N) is 2. The zero-order chi connectivity index (χ0) is 14.7. The molecule has 2 aromatic rings. The Morgan fingerprint density at radius 1 is 1.30 bits per heavy atom. The lowest BCUT2D eigenvalue weighted by atomic mass is 10.0. The van der Waals surface area contributed by atoms with Gasteiger partial charge in [0.05, 0.1) is 15.9 Å². The normalized spacial score (nSPS) is 12.7. The van der Waals surface area contributed by atoms with Gasteiger partial charge in [-0.1, -0.05) is 24.3 Å². The smallest absolute Gasteiger partial charge is 0.0739 e. The number of nitrogens with one attached hydrogen (secondary N) is 1. The summed E-state index contributed by atoms with van der Waals surface area (Å²) in [5.41, 5.74) is 4.94. The lowest BCUT2D eigenvalue weighted by Gasteiger charge is -2.17. The molecule has 4 heteroatoms. The van der Waals surface area contributed by atoms with Crippen LogP contribution >= 0.6 is 15.9 Å². The van der Waals surface area contributed by atoms with Gasteiger partial charge in [0.2, 0.25) is 0 Å². The SMILES string of the molecule is CCn1nc(C)c(Br)c1CN[C@@H](C)c1ccccc1C. The van der Waals surface area contributed by atoms with Crippen LogP contribution in [0, 0.1) is 13.8 Å². The second-order valence-electron chi connectivity index (χ2n) is 5.12. The van der Waals surface area contributed by atoms with Crippen LogP contribution in [-0.2, 0) is 13.1 Å². The fraction of sp³-hybridized carbons (Fsp3) is 0.438. The lowest BCUT2D eigenvalue weighted by Crippen LogP contribution is -2.21. The summed E-state index contributed by atoms with van der Waals surface area (Å²) < 4.78 is 3.17. The molecular weight excluding hydrogens is 314 g/mol. The molecule has 0 aliphatic heterocycles. The van der Waals surface area contributed by atoms with Crippen LogP contribution in [-0.4, -0.2) is 9.78 Å². The summed E-state index contributed by atoms with van der Waals surface area (Å²) in [5.74, 6) is 0. The second kappa shape index (κ2) is 6.55. The van der Waals surface area contributed by atoms with E-state index in [-0.39, 0.29) is 0 Å². The fourth-order valence-electron chi connectivity index (χ4n) is 2.47. The molecule has 0 saturated carbocycles. The molecule has 0 radical (unpaired) electrons. The lowest BCUT2D eigenvalue weighted by molar-refractivity contribution is 0.528. The van der Waals surface area contributed by atoms with Gasteiger partial charge < -0.3 is 5.32 Å². The predicted octanol–water partition coefficient (Wildman–Crippen LogP) is 4.13. The molecule has 0 amide bonds. The first-order valence-electron chi connectivity index (χ1n) is 7.05. The van der Waals surface area contributed by atoms with Crippen LogP contribution in [0.15, 0.2) is 28.7 Å². The third-order valence-electron chi connectivity index (χ3n) is 3.68. The maximum Gasteiger partial charge on any atom is 0.0739 e. The van der Waals surface area contributed by atoms with E-state index in [0.717, 1.165) is 23.3 Å². The molecule has 1 aromatic heterocycles. The standard InChI is InChI=1S/C16H22BrN3/c1-5-20-15(16(17)13(4)19-20)10-18-12(3)14-9-7-6-8-11(14)2/h6-9,12,18H,5,10H2,1-4H3/t12-/m0/s1. The molecule has 108 valence electrons. The topological polar surface area (TPSA) is 29.9 Å². The van der Waals surface area contributed by atoms with Crippen LogP contribution in [0.1, 0.15) is 42.4 Å². The quantitative estimate of drug-likeness (QED) is 0.890. The van der Waals surface area contributed by atoms with Crippen molar-refractivity contribution >= 4 is 15.9 Å². The van der Waals surface area contributed by atoms with Crippen molar-refractivity contribution < 1.29 is 0 Å². The van der Waals surface area contributed by atoms with Crippen LogP contribution in [0.3, 0.4) is 0 Å². The summed E-state index contributed by atoms with van der Waals surface area (Å²) in [4.78, 5) is 0. The number of hydrogen-bond donors (Lipinski definition) is 1. The third kappa shape index (κ3) is 3.13.